The van der Waals surface area contributed by atoms with Crippen LogP contribution in [-0.2, 0) is 0 Å². The van der Waals surface area contributed by atoms with Gasteiger partial charge in [-0.15, -0.1) is 0 Å². The molecule has 0 aliphatic carbocycles. The van der Waals surface area contributed by atoms with Crippen molar-refractivity contribution in [1.82, 2.24) is 4.98 Å². The van der Waals surface area contributed by atoms with Crippen LogP contribution < -0.4 is 10.3 Å². The van der Waals surface area contributed by atoms with Crippen LogP contribution in [-0.4, -0.2) is 29.3 Å². The molecule has 0 saturated heterocycles. The predicted molar refractivity (Wildman–Crippen MR) is 58.1 cm³/mol. The Morgan fingerprint density at radius 1 is 1.27 bits per heavy atom. The number of benzene rings is 1. The van der Waals surface area contributed by atoms with E-state index in [1.54, 1.807) is 6.07 Å². The molecule has 0 unspecified atom stereocenters. The average molecular weight is 203 g/mol. The normalized spacial score (nSPS) is 10.3. The lowest BCUT2D eigenvalue weighted by Gasteiger charge is -2.07. The molecule has 76 valence electrons. The van der Waals surface area contributed by atoms with Crippen molar-refractivity contribution in [2.45, 2.75) is 0 Å². The third kappa shape index (κ3) is 1.79. The van der Waals surface area contributed by atoms with Crippen LogP contribution in [0, 0.1) is 0 Å². The Bertz CT molecular complexity index is 487. The van der Waals surface area contributed by atoms with Gasteiger partial charge in [-0.25, -0.2) is 0 Å². The summed E-state index contributed by atoms with van der Waals surface area (Å²) in [4.78, 5) is 4.10. The quantitative estimate of drug-likeness (QED) is 0.670. The van der Waals surface area contributed by atoms with Gasteiger partial charge in [0.2, 0.25) is 0 Å². The zero-order chi connectivity index (χ0) is 10.8. The monoisotopic (exact) mass is 203 g/mol. The molecule has 2 N–H and O–H groups in total. The first kappa shape index (κ1) is 9.95. The van der Waals surface area contributed by atoms with Gasteiger partial charge in [0.1, 0.15) is 5.75 Å². The summed E-state index contributed by atoms with van der Waals surface area (Å²) in [5, 5.41) is 18.9. The summed E-state index contributed by atoms with van der Waals surface area (Å²) in [5.74, 6) is 0.587. The fraction of sp³-hybridized carbons (Fsp3) is 0.100. The van der Waals surface area contributed by atoms with Gasteiger partial charge in [-0.05, 0) is 18.2 Å². The number of para-hydroxylation sites is 1. The molecule has 5 heteroatoms. The highest BCUT2D eigenvalue weighted by Crippen LogP contribution is 2.21. The first-order valence-corrected chi connectivity index (χ1v) is 4.52. The average Bonchev–Trinajstić information content (AvgIpc) is 2.27. The number of hydrogen-bond acceptors (Lipinski definition) is 4. The molecule has 0 atom stereocenters. The van der Waals surface area contributed by atoms with Crippen LogP contribution >= 0.6 is 0 Å². The molecule has 0 radical (unpaired) electrons. The molecular weight excluding hydrogens is 193 g/mol. The first-order chi connectivity index (χ1) is 7.22. The molecular formula is C10H10BNO3. The second-order valence-electron chi connectivity index (χ2n) is 3.14. The molecule has 0 spiro atoms. The number of pyridine rings is 1. The maximum atomic E-state index is 9.04. The zero-order valence-electron chi connectivity index (χ0n) is 8.21. The largest absolute Gasteiger partial charge is 0.508 e. The fourth-order valence-corrected chi connectivity index (χ4v) is 1.46. The molecule has 0 bridgehead atoms. The van der Waals surface area contributed by atoms with Crippen molar-refractivity contribution in [3.05, 3.63) is 30.3 Å². The van der Waals surface area contributed by atoms with Gasteiger partial charge in [0.25, 0.3) is 0 Å². The minimum atomic E-state index is -1.58. The summed E-state index contributed by atoms with van der Waals surface area (Å²) in [5.41, 5.74) is 0.866. The van der Waals surface area contributed by atoms with Crippen molar-refractivity contribution >= 4 is 23.6 Å². The summed E-state index contributed by atoms with van der Waals surface area (Å²) < 4.78 is 5.16. The number of rotatable bonds is 2. The van der Waals surface area contributed by atoms with Crippen LogP contribution in [0.2, 0.25) is 0 Å². The zero-order valence-corrected chi connectivity index (χ0v) is 8.21. The van der Waals surface area contributed by atoms with E-state index in [1.807, 2.05) is 18.2 Å². The van der Waals surface area contributed by atoms with Gasteiger partial charge in [-0.3, -0.25) is 4.98 Å². The van der Waals surface area contributed by atoms with Crippen molar-refractivity contribution in [2.24, 2.45) is 0 Å². The van der Waals surface area contributed by atoms with E-state index in [9.17, 15) is 0 Å². The Balaban J connectivity index is 2.71. The molecule has 2 aromatic rings. The Morgan fingerprint density at radius 3 is 2.67 bits per heavy atom. The van der Waals surface area contributed by atoms with Gasteiger partial charge in [0, 0.05) is 5.39 Å². The minimum Gasteiger partial charge on any atom is -0.496 e. The van der Waals surface area contributed by atoms with E-state index in [1.165, 1.54) is 13.2 Å². The molecule has 0 saturated carbocycles. The molecule has 0 aliphatic rings. The van der Waals surface area contributed by atoms with Gasteiger partial charge in [-0.2, -0.15) is 0 Å². The van der Waals surface area contributed by atoms with Gasteiger partial charge >= 0.3 is 7.12 Å². The van der Waals surface area contributed by atoms with E-state index in [0.29, 0.717) is 11.3 Å². The first-order valence-electron chi connectivity index (χ1n) is 4.52. The fourth-order valence-electron chi connectivity index (χ4n) is 1.46. The van der Waals surface area contributed by atoms with Gasteiger partial charge < -0.3 is 14.8 Å². The van der Waals surface area contributed by atoms with Crippen molar-refractivity contribution in [2.75, 3.05) is 7.11 Å². The van der Waals surface area contributed by atoms with Crippen molar-refractivity contribution < 1.29 is 14.8 Å². The summed E-state index contributed by atoms with van der Waals surface area (Å²) in [7, 11) is -0.0431. The van der Waals surface area contributed by atoms with Gasteiger partial charge in [-0.1, -0.05) is 12.1 Å². The highest BCUT2D eigenvalue weighted by atomic mass is 16.5. The minimum absolute atomic E-state index is 0.186. The van der Waals surface area contributed by atoms with E-state index >= 15 is 0 Å². The van der Waals surface area contributed by atoms with E-state index in [0.717, 1.165) is 5.39 Å². The SMILES string of the molecule is COc1cc(B(O)O)nc2ccccc12. The Morgan fingerprint density at radius 2 is 2.00 bits per heavy atom. The van der Waals surface area contributed by atoms with Crippen LogP contribution in [0.5, 0.6) is 5.75 Å². The molecule has 0 aliphatic heterocycles. The Kier molecular flexibility index (Phi) is 2.57. The number of aromatic nitrogens is 1. The van der Waals surface area contributed by atoms with E-state index in [2.05, 4.69) is 4.98 Å². The highest BCUT2D eigenvalue weighted by Gasteiger charge is 2.15. The van der Waals surface area contributed by atoms with E-state index in [-0.39, 0.29) is 5.59 Å². The van der Waals surface area contributed by atoms with Crippen LogP contribution in [0.15, 0.2) is 30.3 Å². The number of hydrogen-bond donors (Lipinski definition) is 2. The number of methoxy groups -OCH3 is 1. The topological polar surface area (TPSA) is 62.6 Å². The van der Waals surface area contributed by atoms with Crippen LogP contribution in [0.1, 0.15) is 0 Å². The molecule has 1 heterocycles. The second-order valence-corrected chi connectivity index (χ2v) is 3.14. The van der Waals surface area contributed by atoms with E-state index < -0.39 is 7.12 Å². The Hall–Kier alpha value is -1.59. The molecule has 0 amide bonds. The molecule has 1 aromatic heterocycles. The van der Waals surface area contributed by atoms with Crippen LogP contribution in [0.3, 0.4) is 0 Å². The smallest absolute Gasteiger partial charge is 0.496 e. The third-order valence-corrected chi connectivity index (χ3v) is 2.18. The summed E-state index contributed by atoms with van der Waals surface area (Å²) in [6.07, 6.45) is 0. The standard InChI is InChI=1S/C10H10BNO3/c1-15-9-6-10(11(13)14)12-8-5-3-2-4-7(8)9/h2-6,13-14H,1H3. The highest BCUT2D eigenvalue weighted by molar-refractivity contribution is 6.57. The maximum Gasteiger partial charge on any atom is 0.508 e. The van der Waals surface area contributed by atoms with E-state index in [4.69, 9.17) is 14.8 Å². The van der Waals surface area contributed by atoms with Crippen molar-refractivity contribution in [3.8, 4) is 5.75 Å². The molecule has 2 rings (SSSR count). The van der Waals surface area contributed by atoms with Crippen LogP contribution in [0.4, 0.5) is 0 Å². The van der Waals surface area contributed by atoms with Crippen molar-refractivity contribution in [3.63, 3.8) is 0 Å². The number of nitrogens with zero attached hydrogens (tertiary/aromatic N) is 1. The summed E-state index contributed by atoms with van der Waals surface area (Å²) in [6.45, 7) is 0. The molecule has 0 fully saturated rings. The third-order valence-electron chi connectivity index (χ3n) is 2.18. The summed E-state index contributed by atoms with van der Waals surface area (Å²) >= 11 is 0. The van der Waals surface area contributed by atoms with Gasteiger partial charge in [0.05, 0.1) is 18.2 Å². The lowest BCUT2D eigenvalue weighted by molar-refractivity contribution is 0.415. The molecule has 1 aromatic carbocycles. The van der Waals surface area contributed by atoms with Crippen LogP contribution in [0.25, 0.3) is 10.9 Å². The predicted octanol–water partition coefficient (Wildman–Crippen LogP) is -0.0768. The summed E-state index contributed by atoms with van der Waals surface area (Å²) in [6, 6.07) is 8.90. The maximum absolute atomic E-state index is 9.04. The second kappa shape index (κ2) is 3.88. The molecule has 15 heavy (non-hydrogen) atoms. The number of ether oxygens (including phenoxy) is 1. The van der Waals surface area contributed by atoms with Crippen molar-refractivity contribution in [1.29, 1.82) is 0 Å². The lowest BCUT2D eigenvalue weighted by atomic mass is 9.85. The van der Waals surface area contributed by atoms with Gasteiger partial charge in [0.15, 0.2) is 0 Å². The molecule has 4 nitrogen and oxygen atoms in total. The number of fused-ring (bicyclic) bond motifs is 1. The Labute approximate surface area is 87.3 Å². The lowest BCUT2D eigenvalue weighted by Crippen LogP contribution is -2.32.